The van der Waals surface area contributed by atoms with Crippen LogP contribution in [0.25, 0.3) is 0 Å². The van der Waals surface area contributed by atoms with Crippen molar-refractivity contribution in [2.24, 2.45) is 17.6 Å². The third-order valence-electron chi connectivity index (χ3n) is 7.13. The first-order chi connectivity index (χ1) is 12.6. The second-order valence-electron chi connectivity index (χ2n) is 8.82. The number of amides is 2. The zero-order chi connectivity index (χ0) is 18.5. The zero-order valence-electron chi connectivity index (χ0n) is 16.5. The topological polar surface area (TPSA) is 66.6 Å². The van der Waals surface area contributed by atoms with Gasteiger partial charge in [0, 0.05) is 32.6 Å². The number of piperidine rings is 1. The zero-order valence-corrected chi connectivity index (χ0v) is 16.5. The van der Waals surface area contributed by atoms with E-state index in [1.54, 1.807) is 0 Å². The molecule has 1 atom stereocenters. The van der Waals surface area contributed by atoms with E-state index in [1.807, 2.05) is 11.9 Å². The molecule has 5 heteroatoms. The maximum absolute atomic E-state index is 12.6. The Morgan fingerprint density at radius 2 is 1.65 bits per heavy atom. The van der Waals surface area contributed by atoms with Crippen molar-refractivity contribution in [3.63, 3.8) is 0 Å². The van der Waals surface area contributed by atoms with Crippen LogP contribution in [0.3, 0.4) is 0 Å². The third-order valence-corrected chi connectivity index (χ3v) is 7.13. The maximum atomic E-state index is 12.6. The SMILES string of the molecule is CN(C(=O)[C@@H](N)C1CCC(CCC(=O)N2CCCCC2)CC1)C1CCC1. The van der Waals surface area contributed by atoms with Gasteiger partial charge in [0.05, 0.1) is 6.04 Å². The van der Waals surface area contributed by atoms with Gasteiger partial charge in [-0.3, -0.25) is 9.59 Å². The number of hydrogen-bond donors (Lipinski definition) is 1. The lowest BCUT2D eigenvalue weighted by atomic mass is 9.76. The van der Waals surface area contributed by atoms with E-state index < -0.39 is 0 Å². The van der Waals surface area contributed by atoms with Crippen LogP contribution in [-0.2, 0) is 9.59 Å². The fraction of sp³-hybridized carbons (Fsp3) is 0.905. The summed E-state index contributed by atoms with van der Waals surface area (Å²) in [5.41, 5.74) is 6.32. The molecule has 2 saturated carbocycles. The molecule has 0 radical (unpaired) electrons. The van der Waals surface area contributed by atoms with E-state index in [9.17, 15) is 9.59 Å². The van der Waals surface area contributed by atoms with Gasteiger partial charge in [-0.2, -0.15) is 0 Å². The van der Waals surface area contributed by atoms with Crippen LogP contribution in [0.15, 0.2) is 0 Å². The molecule has 1 saturated heterocycles. The van der Waals surface area contributed by atoms with E-state index in [2.05, 4.69) is 4.90 Å². The molecule has 0 aromatic rings. The third kappa shape index (κ3) is 4.79. The summed E-state index contributed by atoms with van der Waals surface area (Å²) in [6, 6.07) is 0.0854. The number of nitrogens with two attached hydrogens (primary N) is 1. The van der Waals surface area contributed by atoms with Crippen LogP contribution in [-0.4, -0.2) is 53.8 Å². The van der Waals surface area contributed by atoms with E-state index in [0.717, 1.165) is 70.9 Å². The van der Waals surface area contributed by atoms with Crippen molar-refractivity contribution in [2.45, 2.75) is 89.1 Å². The lowest BCUT2D eigenvalue weighted by Gasteiger charge is -2.39. The summed E-state index contributed by atoms with van der Waals surface area (Å²) in [6.07, 6.45) is 13.1. The molecule has 5 nitrogen and oxygen atoms in total. The van der Waals surface area contributed by atoms with Crippen molar-refractivity contribution in [3.05, 3.63) is 0 Å². The minimum absolute atomic E-state index is 0.137. The number of hydrogen-bond acceptors (Lipinski definition) is 3. The molecule has 2 amide bonds. The number of likely N-dealkylation sites (tertiary alicyclic amines) is 1. The number of likely N-dealkylation sites (N-methyl/N-ethyl adjacent to an activating group) is 1. The first-order valence-electron chi connectivity index (χ1n) is 10.9. The van der Waals surface area contributed by atoms with Crippen LogP contribution in [0.2, 0.25) is 0 Å². The fourth-order valence-corrected chi connectivity index (χ4v) is 4.86. The molecular weight excluding hydrogens is 326 g/mol. The molecule has 0 aromatic heterocycles. The van der Waals surface area contributed by atoms with Crippen LogP contribution in [0.5, 0.6) is 0 Å². The lowest BCUT2D eigenvalue weighted by molar-refractivity contribution is -0.136. The van der Waals surface area contributed by atoms with Crippen molar-refractivity contribution < 1.29 is 9.59 Å². The van der Waals surface area contributed by atoms with E-state index in [1.165, 1.54) is 12.8 Å². The summed E-state index contributed by atoms with van der Waals surface area (Å²) in [4.78, 5) is 28.9. The Morgan fingerprint density at radius 3 is 2.23 bits per heavy atom. The van der Waals surface area contributed by atoms with Crippen LogP contribution in [0.1, 0.15) is 77.0 Å². The van der Waals surface area contributed by atoms with Gasteiger partial charge in [0.1, 0.15) is 0 Å². The minimum atomic E-state index is -0.337. The van der Waals surface area contributed by atoms with Gasteiger partial charge in [-0.25, -0.2) is 0 Å². The summed E-state index contributed by atoms with van der Waals surface area (Å²) in [5.74, 6) is 1.44. The molecular formula is C21H37N3O2. The average Bonchev–Trinajstić information content (AvgIpc) is 2.64. The van der Waals surface area contributed by atoms with Gasteiger partial charge in [0.2, 0.25) is 11.8 Å². The Morgan fingerprint density at radius 1 is 1.00 bits per heavy atom. The summed E-state index contributed by atoms with van der Waals surface area (Å²) < 4.78 is 0. The van der Waals surface area contributed by atoms with Crippen molar-refractivity contribution in [3.8, 4) is 0 Å². The van der Waals surface area contributed by atoms with Gasteiger partial charge in [-0.05, 0) is 69.6 Å². The first kappa shape index (κ1) is 19.7. The van der Waals surface area contributed by atoms with Gasteiger partial charge >= 0.3 is 0 Å². The van der Waals surface area contributed by atoms with E-state index in [-0.39, 0.29) is 11.9 Å². The van der Waals surface area contributed by atoms with Crippen LogP contribution >= 0.6 is 0 Å². The molecule has 148 valence electrons. The molecule has 0 unspecified atom stereocenters. The van der Waals surface area contributed by atoms with Crippen molar-refractivity contribution in [1.29, 1.82) is 0 Å². The molecule has 3 rings (SSSR count). The largest absolute Gasteiger partial charge is 0.343 e. The first-order valence-corrected chi connectivity index (χ1v) is 10.9. The minimum Gasteiger partial charge on any atom is -0.343 e. The number of carbonyl (C=O) groups excluding carboxylic acids is 2. The fourth-order valence-electron chi connectivity index (χ4n) is 4.86. The highest BCUT2D eigenvalue weighted by Gasteiger charge is 2.34. The van der Waals surface area contributed by atoms with Crippen molar-refractivity contribution in [2.75, 3.05) is 20.1 Å². The van der Waals surface area contributed by atoms with Gasteiger partial charge in [-0.15, -0.1) is 0 Å². The Hall–Kier alpha value is -1.10. The van der Waals surface area contributed by atoms with Crippen molar-refractivity contribution in [1.82, 2.24) is 9.80 Å². The molecule has 2 N–H and O–H groups in total. The van der Waals surface area contributed by atoms with Gasteiger partial charge in [-0.1, -0.05) is 12.8 Å². The summed E-state index contributed by atoms with van der Waals surface area (Å²) in [7, 11) is 1.92. The molecule has 0 aromatic carbocycles. The molecule has 1 heterocycles. The van der Waals surface area contributed by atoms with E-state index in [4.69, 9.17) is 5.73 Å². The van der Waals surface area contributed by atoms with Gasteiger partial charge < -0.3 is 15.5 Å². The quantitative estimate of drug-likeness (QED) is 0.789. The smallest absolute Gasteiger partial charge is 0.239 e. The monoisotopic (exact) mass is 363 g/mol. The number of nitrogens with zero attached hydrogens (tertiary/aromatic N) is 2. The highest BCUT2D eigenvalue weighted by atomic mass is 16.2. The molecule has 0 spiro atoms. The second-order valence-corrected chi connectivity index (χ2v) is 8.82. The molecule has 3 fully saturated rings. The average molecular weight is 364 g/mol. The van der Waals surface area contributed by atoms with Crippen molar-refractivity contribution >= 4 is 11.8 Å². The Bertz CT molecular complexity index is 478. The predicted molar refractivity (Wildman–Crippen MR) is 103 cm³/mol. The number of carbonyl (C=O) groups is 2. The molecule has 3 aliphatic rings. The Balaban J connectivity index is 1.36. The van der Waals surface area contributed by atoms with Gasteiger partial charge in [0.25, 0.3) is 0 Å². The summed E-state index contributed by atoms with van der Waals surface area (Å²) >= 11 is 0. The highest BCUT2D eigenvalue weighted by Crippen LogP contribution is 2.34. The molecule has 2 aliphatic carbocycles. The number of rotatable bonds is 6. The van der Waals surface area contributed by atoms with Gasteiger partial charge in [0.15, 0.2) is 0 Å². The molecule has 1 aliphatic heterocycles. The second kappa shape index (κ2) is 9.20. The highest BCUT2D eigenvalue weighted by molar-refractivity contribution is 5.82. The van der Waals surface area contributed by atoms with E-state index in [0.29, 0.717) is 30.2 Å². The van der Waals surface area contributed by atoms with Crippen LogP contribution < -0.4 is 5.73 Å². The summed E-state index contributed by atoms with van der Waals surface area (Å²) in [6.45, 7) is 1.91. The Labute approximate surface area is 158 Å². The van der Waals surface area contributed by atoms with Crippen LogP contribution in [0, 0.1) is 11.8 Å². The molecule has 0 bridgehead atoms. The normalized spacial score (nSPS) is 28.3. The summed E-state index contributed by atoms with van der Waals surface area (Å²) in [5, 5.41) is 0. The maximum Gasteiger partial charge on any atom is 0.239 e. The Kier molecular flexibility index (Phi) is 6.96. The van der Waals surface area contributed by atoms with Crippen LogP contribution in [0.4, 0.5) is 0 Å². The molecule has 26 heavy (non-hydrogen) atoms. The lowest BCUT2D eigenvalue weighted by Crippen LogP contribution is -2.52. The van der Waals surface area contributed by atoms with E-state index >= 15 is 0 Å². The standard InChI is InChI=1S/C21H37N3O2/c1-23(18-6-5-7-18)21(26)20(22)17-11-8-16(9-12-17)10-13-19(25)24-14-3-2-4-15-24/h16-18,20H,2-15,22H2,1H3/t16?,17?,20-/m0/s1. The predicted octanol–water partition coefficient (Wildman–Crippen LogP) is 2.92.